The number of nitrogens with zero attached hydrogens (tertiary/aromatic N) is 3. The lowest BCUT2D eigenvalue weighted by molar-refractivity contribution is -0.212. The molecule has 0 bridgehead atoms. The van der Waals surface area contributed by atoms with Gasteiger partial charge in [-0.3, -0.25) is 14.4 Å². The lowest BCUT2D eigenvalue weighted by atomic mass is 9.96. The Hall–Kier alpha value is -3.50. The summed E-state index contributed by atoms with van der Waals surface area (Å²) in [6.45, 7) is 2.94. The molecule has 1 fully saturated rings. The van der Waals surface area contributed by atoms with Gasteiger partial charge in [-0.05, 0) is 30.3 Å². The van der Waals surface area contributed by atoms with Crippen molar-refractivity contribution in [2.45, 2.75) is 55.5 Å². The molecule has 10 nitrogen and oxygen atoms in total. The largest absolute Gasteiger partial charge is 0.463 e. The predicted molar refractivity (Wildman–Crippen MR) is 141 cm³/mol. The number of benzene rings is 2. The van der Waals surface area contributed by atoms with Crippen molar-refractivity contribution in [3.63, 3.8) is 0 Å². The lowest BCUT2D eigenvalue weighted by Crippen LogP contribution is -2.57. The van der Waals surface area contributed by atoms with E-state index in [1.54, 1.807) is 0 Å². The SMILES string of the molecule is CC(=O)OCC1O[C@H](Sc2cc(Br)ccc2F)C(OC(C)=O)[C@@H](n2cc(-c3cc(F)c(F)c(F)c3)nn2)[C@H]1OC(C)=O. The molecule has 0 spiro atoms. The molecule has 2 unspecified atom stereocenters. The van der Waals surface area contributed by atoms with E-state index in [9.17, 15) is 31.9 Å². The van der Waals surface area contributed by atoms with E-state index in [1.807, 2.05) is 0 Å². The summed E-state index contributed by atoms with van der Waals surface area (Å²) in [6, 6.07) is 4.33. The van der Waals surface area contributed by atoms with Crippen LogP contribution in [0.5, 0.6) is 0 Å². The second-order valence-electron chi connectivity index (χ2n) is 9.01. The number of rotatable bonds is 8. The van der Waals surface area contributed by atoms with Crippen LogP contribution in [0.25, 0.3) is 11.3 Å². The minimum atomic E-state index is -1.67. The van der Waals surface area contributed by atoms with E-state index in [2.05, 4.69) is 26.2 Å². The third kappa shape index (κ3) is 7.28. The Morgan fingerprint density at radius 1 is 0.952 bits per heavy atom. The van der Waals surface area contributed by atoms with Crippen LogP contribution in [0.2, 0.25) is 0 Å². The summed E-state index contributed by atoms with van der Waals surface area (Å²) in [5, 5.41) is 7.92. The van der Waals surface area contributed by atoms with Gasteiger partial charge in [0.1, 0.15) is 35.7 Å². The molecule has 1 aliphatic heterocycles. The highest BCUT2D eigenvalue weighted by Crippen LogP contribution is 2.42. The topological polar surface area (TPSA) is 119 Å². The maximum Gasteiger partial charge on any atom is 0.303 e. The van der Waals surface area contributed by atoms with Gasteiger partial charge in [0.15, 0.2) is 29.7 Å². The molecular weight excluding hydrogens is 654 g/mol. The van der Waals surface area contributed by atoms with Crippen molar-refractivity contribution in [3.05, 3.63) is 64.3 Å². The van der Waals surface area contributed by atoms with Gasteiger partial charge in [0.05, 0.1) is 6.20 Å². The molecule has 42 heavy (non-hydrogen) atoms. The van der Waals surface area contributed by atoms with Crippen LogP contribution >= 0.6 is 27.7 Å². The van der Waals surface area contributed by atoms with Gasteiger partial charge in [-0.2, -0.15) is 0 Å². The Morgan fingerprint density at radius 2 is 1.60 bits per heavy atom. The van der Waals surface area contributed by atoms with Crippen LogP contribution in [-0.4, -0.2) is 63.3 Å². The number of thioether (sulfide) groups is 1. The molecular formula is C26H22BrF4N3O7S. The number of ether oxygens (including phenoxy) is 4. The molecule has 2 aromatic carbocycles. The minimum Gasteiger partial charge on any atom is -0.463 e. The van der Waals surface area contributed by atoms with Gasteiger partial charge < -0.3 is 18.9 Å². The van der Waals surface area contributed by atoms with Crippen LogP contribution in [0.15, 0.2) is 45.9 Å². The summed E-state index contributed by atoms with van der Waals surface area (Å²) in [6.07, 6.45) is -2.64. The number of hydrogen-bond acceptors (Lipinski definition) is 10. The van der Waals surface area contributed by atoms with Crippen LogP contribution in [0.1, 0.15) is 26.8 Å². The van der Waals surface area contributed by atoms with Crippen LogP contribution < -0.4 is 0 Å². The number of halogens is 5. The zero-order valence-corrected chi connectivity index (χ0v) is 24.5. The molecule has 3 aromatic rings. The molecule has 1 aliphatic rings. The standard InChI is InChI=1S/C26H22BrF4N3O7S/c1-11(35)38-10-20-24(39-12(2)36)23(34-9-19(32-33-34)14-6-17(29)22(31)18(30)7-14)25(40-13(3)37)26(41-20)42-21-8-15(27)4-5-16(21)28/h4-9,20,23-26H,10H2,1-3H3/t20?,23-,24-,25?,26+/m0/s1. The van der Waals surface area contributed by atoms with Crippen LogP contribution in [0.4, 0.5) is 17.6 Å². The first-order valence-electron chi connectivity index (χ1n) is 12.2. The molecule has 5 atom stereocenters. The summed E-state index contributed by atoms with van der Waals surface area (Å²) in [4.78, 5) is 36.2. The van der Waals surface area contributed by atoms with Crippen molar-refractivity contribution in [1.29, 1.82) is 0 Å². The lowest BCUT2D eigenvalue weighted by Gasteiger charge is -2.44. The fourth-order valence-electron chi connectivity index (χ4n) is 4.23. The molecule has 0 radical (unpaired) electrons. The Bertz CT molecular complexity index is 1490. The predicted octanol–water partition coefficient (Wildman–Crippen LogP) is 4.75. The maximum atomic E-state index is 14.8. The molecule has 0 N–H and O–H groups in total. The number of carbonyl (C=O) groups is 3. The normalized spacial score (nSPS) is 22.0. The fraction of sp³-hybridized carbons (Fsp3) is 0.346. The van der Waals surface area contributed by atoms with Gasteiger partial charge in [0.2, 0.25) is 0 Å². The van der Waals surface area contributed by atoms with E-state index in [0.29, 0.717) is 16.6 Å². The molecule has 4 rings (SSSR count). The van der Waals surface area contributed by atoms with Gasteiger partial charge in [-0.25, -0.2) is 22.2 Å². The maximum absolute atomic E-state index is 14.8. The van der Waals surface area contributed by atoms with E-state index in [0.717, 1.165) is 37.2 Å². The summed E-state index contributed by atoms with van der Waals surface area (Å²) in [5.74, 6) is -7.46. The van der Waals surface area contributed by atoms with E-state index in [-0.39, 0.29) is 16.2 Å². The number of aromatic nitrogens is 3. The van der Waals surface area contributed by atoms with Gasteiger partial charge in [0, 0.05) is 35.7 Å². The van der Waals surface area contributed by atoms with Crippen LogP contribution in [0.3, 0.4) is 0 Å². The van der Waals surface area contributed by atoms with Gasteiger partial charge >= 0.3 is 17.9 Å². The quantitative estimate of drug-likeness (QED) is 0.143. The Kier molecular flexibility index (Phi) is 9.89. The highest BCUT2D eigenvalue weighted by atomic mass is 79.9. The second-order valence-corrected chi connectivity index (χ2v) is 11.1. The van der Waals surface area contributed by atoms with Crippen molar-refractivity contribution in [2.75, 3.05) is 6.61 Å². The van der Waals surface area contributed by atoms with E-state index in [4.69, 9.17) is 18.9 Å². The summed E-state index contributed by atoms with van der Waals surface area (Å²) >= 11 is 4.11. The number of esters is 3. The Morgan fingerprint density at radius 3 is 2.21 bits per heavy atom. The second kappa shape index (κ2) is 13.2. The molecule has 1 aromatic heterocycles. The first kappa shape index (κ1) is 31.4. The third-order valence-electron chi connectivity index (χ3n) is 5.90. The Balaban J connectivity index is 1.83. The summed E-state index contributed by atoms with van der Waals surface area (Å²) < 4.78 is 80.2. The van der Waals surface area contributed by atoms with Crippen molar-refractivity contribution >= 4 is 45.6 Å². The molecule has 0 aliphatic carbocycles. The third-order valence-corrected chi connectivity index (χ3v) is 7.58. The zero-order chi connectivity index (χ0) is 30.7. The molecule has 16 heteroatoms. The highest BCUT2D eigenvalue weighted by Gasteiger charge is 2.52. The van der Waals surface area contributed by atoms with Gasteiger partial charge in [-0.1, -0.05) is 32.9 Å². The molecule has 0 saturated carbocycles. The van der Waals surface area contributed by atoms with Crippen molar-refractivity contribution < 1.29 is 50.9 Å². The minimum absolute atomic E-state index is 0.0963. The van der Waals surface area contributed by atoms with Crippen LogP contribution in [-0.2, 0) is 33.3 Å². The molecule has 224 valence electrons. The van der Waals surface area contributed by atoms with Gasteiger partial charge in [-0.15, -0.1) is 5.10 Å². The van der Waals surface area contributed by atoms with Crippen LogP contribution in [0, 0.1) is 23.3 Å². The first-order valence-corrected chi connectivity index (χ1v) is 13.8. The average Bonchev–Trinajstić information content (AvgIpc) is 3.39. The Labute approximate surface area is 248 Å². The van der Waals surface area contributed by atoms with E-state index < -0.39 is 77.6 Å². The summed E-state index contributed by atoms with van der Waals surface area (Å²) in [7, 11) is 0. The number of hydrogen-bond donors (Lipinski definition) is 0. The zero-order valence-electron chi connectivity index (χ0n) is 22.1. The molecule has 2 heterocycles. The van der Waals surface area contributed by atoms with Crippen molar-refractivity contribution in [1.82, 2.24) is 15.0 Å². The van der Waals surface area contributed by atoms with E-state index >= 15 is 0 Å². The molecule has 1 saturated heterocycles. The number of carbonyl (C=O) groups excluding carboxylic acids is 3. The molecule has 0 amide bonds. The summed E-state index contributed by atoms with van der Waals surface area (Å²) in [5.41, 5.74) is -1.47. The fourth-order valence-corrected chi connectivity index (χ4v) is 5.92. The monoisotopic (exact) mass is 675 g/mol. The highest BCUT2D eigenvalue weighted by molar-refractivity contribution is 9.10. The average molecular weight is 676 g/mol. The smallest absolute Gasteiger partial charge is 0.303 e. The van der Waals surface area contributed by atoms with Gasteiger partial charge in [0.25, 0.3) is 0 Å². The van der Waals surface area contributed by atoms with Crippen molar-refractivity contribution in [3.8, 4) is 11.3 Å². The first-order chi connectivity index (χ1) is 19.8. The van der Waals surface area contributed by atoms with E-state index in [1.165, 1.54) is 24.4 Å². The van der Waals surface area contributed by atoms with Crippen molar-refractivity contribution in [2.24, 2.45) is 0 Å².